The Morgan fingerprint density at radius 3 is 2.64 bits per heavy atom. The number of ether oxygens (including phenoxy) is 2. The summed E-state index contributed by atoms with van der Waals surface area (Å²) in [6.45, 7) is 5.13. The van der Waals surface area contributed by atoms with Gasteiger partial charge < -0.3 is 14.6 Å². The van der Waals surface area contributed by atoms with E-state index in [1.165, 1.54) is 6.26 Å². The van der Waals surface area contributed by atoms with E-state index in [1.807, 2.05) is 0 Å². The molecule has 0 aliphatic rings. The van der Waals surface area contributed by atoms with E-state index in [0.29, 0.717) is 6.08 Å². The zero-order valence-electron chi connectivity index (χ0n) is 7.80. The van der Waals surface area contributed by atoms with Crippen molar-refractivity contribution >= 4 is 11.9 Å². The minimum absolute atomic E-state index is 0.191. The largest absolute Gasteiger partial charge is 0.498 e. The molecule has 1 atom stereocenters. The number of carboxylic acid groups (broad SMARTS) is 1. The van der Waals surface area contributed by atoms with Gasteiger partial charge in [-0.25, -0.2) is 9.59 Å². The average Bonchev–Trinajstić information content (AvgIpc) is 2.11. The van der Waals surface area contributed by atoms with Gasteiger partial charge in [0.25, 0.3) is 0 Å². The van der Waals surface area contributed by atoms with E-state index < -0.39 is 18.0 Å². The Hall–Kier alpha value is -1.78. The number of carbonyl (C=O) groups excluding carboxylic acids is 1. The molecule has 0 aromatic heterocycles. The second kappa shape index (κ2) is 6.71. The van der Waals surface area contributed by atoms with Crippen LogP contribution in [0.4, 0.5) is 0 Å². The third-order valence-corrected chi connectivity index (χ3v) is 1.13. The minimum Gasteiger partial charge on any atom is -0.498 e. The summed E-state index contributed by atoms with van der Waals surface area (Å²) >= 11 is 0. The minimum atomic E-state index is -1.20. The van der Waals surface area contributed by atoms with Crippen molar-refractivity contribution in [2.24, 2.45) is 0 Å². The highest BCUT2D eigenvalue weighted by Gasteiger charge is 2.06. The monoisotopic (exact) mass is 200 g/mol. The zero-order chi connectivity index (χ0) is 11.0. The molecule has 0 fully saturated rings. The van der Waals surface area contributed by atoms with E-state index in [0.717, 1.165) is 6.08 Å². The molecule has 0 amide bonds. The Bertz CT molecular complexity index is 244. The topological polar surface area (TPSA) is 72.8 Å². The van der Waals surface area contributed by atoms with Crippen LogP contribution in [-0.4, -0.2) is 29.8 Å². The van der Waals surface area contributed by atoms with Crippen molar-refractivity contribution in [3.05, 3.63) is 25.0 Å². The molecule has 0 saturated heterocycles. The first-order valence-corrected chi connectivity index (χ1v) is 3.90. The third-order valence-electron chi connectivity index (χ3n) is 1.13. The molecule has 0 bridgehead atoms. The van der Waals surface area contributed by atoms with E-state index in [1.54, 1.807) is 6.92 Å². The molecule has 0 aliphatic carbocycles. The van der Waals surface area contributed by atoms with Crippen LogP contribution >= 0.6 is 0 Å². The van der Waals surface area contributed by atoms with Gasteiger partial charge in [0.15, 0.2) is 0 Å². The van der Waals surface area contributed by atoms with Gasteiger partial charge in [-0.2, -0.15) is 0 Å². The Morgan fingerprint density at radius 2 is 2.14 bits per heavy atom. The van der Waals surface area contributed by atoms with Crippen molar-refractivity contribution in [2.45, 2.75) is 13.0 Å². The fraction of sp³-hybridized carbons (Fsp3) is 0.333. The lowest BCUT2D eigenvalue weighted by molar-refractivity contribution is -0.144. The zero-order valence-corrected chi connectivity index (χ0v) is 7.80. The molecule has 1 N–H and O–H groups in total. The van der Waals surface area contributed by atoms with Crippen molar-refractivity contribution in [3.63, 3.8) is 0 Å². The van der Waals surface area contributed by atoms with Crippen LogP contribution in [0.2, 0.25) is 0 Å². The number of hydrogen-bond acceptors (Lipinski definition) is 4. The summed E-state index contributed by atoms with van der Waals surface area (Å²) < 4.78 is 9.51. The Labute approximate surface area is 81.6 Å². The number of esters is 1. The lowest BCUT2D eigenvalue weighted by Gasteiger charge is -2.10. The van der Waals surface area contributed by atoms with Crippen molar-refractivity contribution in [1.82, 2.24) is 0 Å². The fourth-order valence-electron chi connectivity index (χ4n) is 0.614. The van der Waals surface area contributed by atoms with Gasteiger partial charge in [0, 0.05) is 12.2 Å². The van der Waals surface area contributed by atoms with Gasteiger partial charge in [-0.15, -0.1) is 0 Å². The summed E-state index contributed by atoms with van der Waals surface area (Å²) in [6, 6.07) is 0. The SMILES string of the molecule is C=COCC(C)OC(=O)/C=C\C(=O)O. The van der Waals surface area contributed by atoms with Gasteiger partial charge in [0.1, 0.15) is 12.7 Å². The van der Waals surface area contributed by atoms with Crippen LogP contribution in [0.15, 0.2) is 25.0 Å². The second-order valence-corrected chi connectivity index (χ2v) is 2.42. The van der Waals surface area contributed by atoms with Crippen LogP contribution in [0, 0.1) is 0 Å². The highest BCUT2D eigenvalue weighted by molar-refractivity contribution is 5.90. The fourth-order valence-corrected chi connectivity index (χ4v) is 0.614. The molecule has 0 heterocycles. The average molecular weight is 200 g/mol. The lowest BCUT2D eigenvalue weighted by Crippen LogP contribution is -2.18. The van der Waals surface area contributed by atoms with Crippen LogP contribution in [-0.2, 0) is 19.1 Å². The van der Waals surface area contributed by atoms with Crippen molar-refractivity contribution in [1.29, 1.82) is 0 Å². The van der Waals surface area contributed by atoms with Crippen LogP contribution in [0.5, 0.6) is 0 Å². The number of carbonyl (C=O) groups is 2. The molecule has 1 unspecified atom stereocenters. The summed E-state index contributed by atoms with van der Waals surface area (Å²) in [4.78, 5) is 20.9. The van der Waals surface area contributed by atoms with Gasteiger partial charge in [-0.3, -0.25) is 0 Å². The maximum Gasteiger partial charge on any atom is 0.331 e. The lowest BCUT2D eigenvalue weighted by atomic mass is 10.4. The van der Waals surface area contributed by atoms with Gasteiger partial charge >= 0.3 is 11.9 Å². The first kappa shape index (κ1) is 12.2. The summed E-state index contributed by atoms with van der Waals surface area (Å²) in [5, 5.41) is 8.21. The van der Waals surface area contributed by atoms with Gasteiger partial charge in [0.2, 0.25) is 0 Å². The predicted octanol–water partition coefficient (Wildman–Crippen LogP) is 0.719. The highest BCUT2D eigenvalue weighted by Crippen LogP contribution is 1.94. The van der Waals surface area contributed by atoms with Crippen molar-refractivity contribution in [3.8, 4) is 0 Å². The third kappa shape index (κ3) is 6.90. The normalized spacial score (nSPS) is 12.1. The molecule has 0 radical (unpaired) electrons. The highest BCUT2D eigenvalue weighted by atomic mass is 16.6. The summed E-state index contributed by atoms with van der Waals surface area (Å²) in [5.74, 6) is -1.91. The second-order valence-electron chi connectivity index (χ2n) is 2.42. The maximum atomic E-state index is 10.9. The quantitative estimate of drug-likeness (QED) is 0.388. The molecule has 78 valence electrons. The van der Waals surface area contributed by atoms with Crippen LogP contribution in [0.1, 0.15) is 6.92 Å². The van der Waals surface area contributed by atoms with Crippen LogP contribution < -0.4 is 0 Å². The number of rotatable bonds is 6. The van der Waals surface area contributed by atoms with E-state index in [4.69, 9.17) is 14.6 Å². The molecule has 0 saturated carbocycles. The van der Waals surface area contributed by atoms with E-state index in [-0.39, 0.29) is 6.61 Å². The smallest absolute Gasteiger partial charge is 0.331 e. The van der Waals surface area contributed by atoms with Crippen molar-refractivity contribution < 1.29 is 24.2 Å². The number of hydrogen-bond donors (Lipinski definition) is 1. The van der Waals surface area contributed by atoms with Gasteiger partial charge in [-0.05, 0) is 6.92 Å². The molecule has 0 aliphatic heterocycles. The standard InChI is InChI=1S/C9H12O5/c1-3-13-6-7(2)14-9(12)5-4-8(10)11/h3-5,7H,1,6H2,2H3,(H,10,11)/b5-4-. The van der Waals surface area contributed by atoms with Gasteiger partial charge in [-0.1, -0.05) is 6.58 Å². The van der Waals surface area contributed by atoms with E-state index >= 15 is 0 Å². The molecule has 0 aromatic carbocycles. The van der Waals surface area contributed by atoms with E-state index in [9.17, 15) is 9.59 Å². The summed E-state index contributed by atoms with van der Waals surface area (Å²) in [7, 11) is 0. The molecule has 14 heavy (non-hydrogen) atoms. The Morgan fingerprint density at radius 1 is 1.50 bits per heavy atom. The predicted molar refractivity (Wildman–Crippen MR) is 48.5 cm³/mol. The van der Waals surface area contributed by atoms with E-state index in [2.05, 4.69) is 6.58 Å². The number of carboxylic acids is 1. The van der Waals surface area contributed by atoms with Crippen molar-refractivity contribution in [2.75, 3.05) is 6.61 Å². The molecule has 0 rings (SSSR count). The molecule has 0 spiro atoms. The Balaban J connectivity index is 3.81. The van der Waals surface area contributed by atoms with Crippen LogP contribution in [0.25, 0.3) is 0 Å². The molecular weight excluding hydrogens is 188 g/mol. The first-order valence-electron chi connectivity index (χ1n) is 3.90. The van der Waals surface area contributed by atoms with Gasteiger partial charge in [0.05, 0.1) is 6.26 Å². The molecule has 5 nitrogen and oxygen atoms in total. The first-order chi connectivity index (χ1) is 6.56. The number of aliphatic carboxylic acids is 1. The summed E-state index contributed by atoms with van der Waals surface area (Å²) in [5.41, 5.74) is 0. The summed E-state index contributed by atoms with van der Waals surface area (Å²) in [6.07, 6.45) is 2.34. The Kier molecular flexibility index (Phi) is 5.85. The molecular formula is C9H12O5. The molecule has 0 aromatic rings. The van der Waals surface area contributed by atoms with Crippen LogP contribution in [0.3, 0.4) is 0 Å². The molecule has 5 heteroatoms. The maximum absolute atomic E-state index is 10.9.